The van der Waals surface area contributed by atoms with E-state index >= 15 is 0 Å². The van der Waals surface area contributed by atoms with Gasteiger partial charge in [-0.1, -0.05) is 5.21 Å². The molecule has 1 saturated heterocycles. The SMILES string of the molecule is Cc1c(C(=O)N2CCC(C(=O)O)C2)nnn1-c1ccc(F)cc1.Cl. The molecular formula is C15H16ClFN4O3. The molecule has 0 bridgehead atoms. The average Bonchev–Trinajstić information content (AvgIpc) is 3.15. The van der Waals surface area contributed by atoms with Crippen molar-refractivity contribution in [3.05, 3.63) is 41.5 Å². The van der Waals surface area contributed by atoms with E-state index in [1.165, 1.54) is 21.7 Å². The van der Waals surface area contributed by atoms with Gasteiger partial charge in [-0.05, 0) is 37.6 Å². The number of carbonyl (C=O) groups is 2. The lowest BCUT2D eigenvalue weighted by molar-refractivity contribution is -0.141. The number of carbonyl (C=O) groups excluding carboxylic acids is 1. The first kappa shape index (κ1) is 17.9. The summed E-state index contributed by atoms with van der Waals surface area (Å²) in [7, 11) is 0. The van der Waals surface area contributed by atoms with Gasteiger partial charge in [0.15, 0.2) is 5.69 Å². The van der Waals surface area contributed by atoms with Crippen LogP contribution in [0.1, 0.15) is 22.6 Å². The van der Waals surface area contributed by atoms with Crippen LogP contribution in [0.2, 0.25) is 0 Å². The number of carboxylic acids is 1. The summed E-state index contributed by atoms with van der Waals surface area (Å²) in [6.07, 6.45) is 0.437. The van der Waals surface area contributed by atoms with Crippen molar-refractivity contribution >= 4 is 24.3 Å². The van der Waals surface area contributed by atoms with Crippen molar-refractivity contribution in [2.24, 2.45) is 5.92 Å². The van der Waals surface area contributed by atoms with Crippen molar-refractivity contribution in [1.29, 1.82) is 0 Å². The highest BCUT2D eigenvalue weighted by Crippen LogP contribution is 2.20. The Morgan fingerprint density at radius 2 is 1.96 bits per heavy atom. The first-order valence-corrected chi connectivity index (χ1v) is 7.17. The third kappa shape index (κ3) is 3.23. The summed E-state index contributed by atoms with van der Waals surface area (Å²) in [5.74, 6) is -2.13. The summed E-state index contributed by atoms with van der Waals surface area (Å²) in [5.41, 5.74) is 1.31. The average molecular weight is 355 g/mol. The number of amides is 1. The quantitative estimate of drug-likeness (QED) is 0.906. The zero-order chi connectivity index (χ0) is 16.6. The summed E-state index contributed by atoms with van der Waals surface area (Å²) in [6, 6.07) is 5.69. The number of likely N-dealkylation sites (tertiary alicyclic amines) is 1. The minimum Gasteiger partial charge on any atom is -0.481 e. The number of aromatic nitrogens is 3. The van der Waals surface area contributed by atoms with Gasteiger partial charge in [-0.15, -0.1) is 17.5 Å². The van der Waals surface area contributed by atoms with Crippen LogP contribution in [0.3, 0.4) is 0 Å². The summed E-state index contributed by atoms with van der Waals surface area (Å²) in [4.78, 5) is 25.0. The van der Waals surface area contributed by atoms with Gasteiger partial charge in [-0.3, -0.25) is 9.59 Å². The Labute approximate surface area is 143 Å². The van der Waals surface area contributed by atoms with Crippen molar-refractivity contribution in [2.75, 3.05) is 13.1 Å². The smallest absolute Gasteiger partial charge is 0.308 e. The van der Waals surface area contributed by atoms with Crippen molar-refractivity contribution < 1.29 is 19.1 Å². The zero-order valence-corrected chi connectivity index (χ0v) is 13.7. The van der Waals surface area contributed by atoms with Gasteiger partial charge in [-0.2, -0.15) is 0 Å². The number of hydrogen-bond acceptors (Lipinski definition) is 4. The van der Waals surface area contributed by atoms with E-state index in [0.717, 1.165) is 0 Å². The van der Waals surface area contributed by atoms with Gasteiger partial charge in [0.1, 0.15) is 5.82 Å². The fourth-order valence-corrected chi connectivity index (χ4v) is 2.65. The minimum atomic E-state index is -0.896. The van der Waals surface area contributed by atoms with Crippen molar-refractivity contribution in [3.63, 3.8) is 0 Å². The third-order valence-electron chi connectivity index (χ3n) is 3.99. The van der Waals surface area contributed by atoms with Crippen LogP contribution in [-0.2, 0) is 4.79 Å². The van der Waals surface area contributed by atoms with Gasteiger partial charge in [0, 0.05) is 13.1 Å². The van der Waals surface area contributed by atoms with E-state index in [9.17, 15) is 14.0 Å². The van der Waals surface area contributed by atoms with Crippen LogP contribution in [0.15, 0.2) is 24.3 Å². The lowest BCUT2D eigenvalue weighted by atomic mass is 10.1. The van der Waals surface area contributed by atoms with E-state index in [2.05, 4.69) is 10.3 Å². The highest BCUT2D eigenvalue weighted by molar-refractivity contribution is 5.94. The molecule has 0 aliphatic carbocycles. The van der Waals surface area contributed by atoms with Crippen molar-refractivity contribution in [3.8, 4) is 5.69 Å². The van der Waals surface area contributed by atoms with Gasteiger partial charge < -0.3 is 10.0 Å². The zero-order valence-electron chi connectivity index (χ0n) is 12.8. The van der Waals surface area contributed by atoms with Crippen LogP contribution in [0, 0.1) is 18.7 Å². The number of benzene rings is 1. The molecule has 1 aromatic heterocycles. The first-order valence-electron chi connectivity index (χ1n) is 7.17. The predicted octanol–water partition coefficient (Wildman–Crippen LogP) is 1.68. The minimum absolute atomic E-state index is 0. The maximum absolute atomic E-state index is 13.0. The van der Waals surface area contributed by atoms with E-state index < -0.39 is 11.9 Å². The molecule has 1 aromatic carbocycles. The molecule has 0 saturated carbocycles. The Hall–Kier alpha value is -2.48. The molecule has 128 valence electrons. The van der Waals surface area contributed by atoms with Gasteiger partial charge in [0.2, 0.25) is 0 Å². The lowest BCUT2D eigenvalue weighted by Crippen LogP contribution is -2.30. The van der Waals surface area contributed by atoms with Gasteiger partial charge in [-0.25, -0.2) is 9.07 Å². The molecule has 0 radical (unpaired) electrons. The number of nitrogens with zero attached hydrogens (tertiary/aromatic N) is 4. The molecule has 1 atom stereocenters. The molecule has 1 aliphatic heterocycles. The Morgan fingerprint density at radius 3 is 2.54 bits per heavy atom. The molecular weight excluding hydrogens is 339 g/mol. The lowest BCUT2D eigenvalue weighted by Gasteiger charge is -2.14. The molecule has 2 heterocycles. The molecule has 1 N–H and O–H groups in total. The van der Waals surface area contributed by atoms with E-state index in [-0.39, 0.29) is 36.4 Å². The van der Waals surface area contributed by atoms with Gasteiger partial charge in [0.05, 0.1) is 17.3 Å². The molecule has 9 heteroatoms. The predicted molar refractivity (Wildman–Crippen MR) is 84.9 cm³/mol. The van der Waals surface area contributed by atoms with Crippen molar-refractivity contribution in [2.45, 2.75) is 13.3 Å². The van der Waals surface area contributed by atoms with Crippen LogP contribution in [0.5, 0.6) is 0 Å². The van der Waals surface area contributed by atoms with Crippen LogP contribution in [-0.4, -0.2) is 50.0 Å². The Bertz CT molecular complexity index is 763. The number of hydrogen-bond donors (Lipinski definition) is 1. The summed E-state index contributed by atoms with van der Waals surface area (Å²) in [6.45, 7) is 2.26. The molecule has 1 unspecified atom stereocenters. The van der Waals surface area contributed by atoms with Crippen LogP contribution < -0.4 is 0 Å². The fraction of sp³-hybridized carbons (Fsp3) is 0.333. The highest BCUT2D eigenvalue weighted by Gasteiger charge is 2.33. The number of rotatable bonds is 3. The third-order valence-corrected chi connectivity index (χ3v) is 3.99. The Kier molecular flexibility index (Phi) is 5.18. The monoisotopic (exact) mass is 354 g/mol. The fourth-order valence-electron chi connectivity index (χ4n) is 2.65. The van der Waals surface area contributed by atoms with E-state index in [1.54, 1.807) is 19.1 Å². The largest absolute Gasteiger partial charge is 0.481 e. The first-order chi connectivity index (χ1) is 11.0. The molecule has 24 heavy (non-hydrogen) atoms. The van der Waals surface area contributed by atoms with E-state index in [0.29, 0.717) is 24.3 Å². The summed E-state index contributed by atoms with van der Waals surface area (Å²) >= 11 is 0. The summed E-state index contributed by atoms with van der Waals surface area (Å²) in [5, 5.41) is 16.9. The number of halogens is 2. The number of carboxylic acid groups (broad SMARTS) is 1. The molecule has 0 spiro atoms. The van der Waals surface area contributed by atoms with Crippen LogP contribution >= 0.6 is 12.4 Å². The van der Waals surface area contributed by atoms with E-state index in [1.807, 2.05) is 0 Å². The number of aliphatic carboxylic acids is 1. The normalized spacial score (nSPS) is 16.8. The van der Waals surface area contributed by atoms with Gasteiger partial charge >= 0.3 is 5.97 Å². The molecule has 7 nitrogen and oxygen atoms in total. The second kappa shape index (κ2) is 6.96. The molecule has 3 rings (SSSR count). The molecule has 1 fully saturated rings. The second-order valence-corrected chi connectivity index (χ2v) is 5.49. The van der Waals surface area contributed by atoms with E-state index in [4.69, 9.17) is 5.11 Å². The second-order valence-electron chi connectivity index (χ2n) is 5.49. The van der Waals surface area contributed by atoms with Crippen molar-refractivity contribution in [1.82, 2.24) is 19.9 Å². The maximum atomic E-state index is 13.0. The molecule has 1 amide bonds. The van der Waals surface area contributed by atoms with Crippen LogP contribution in [0.4, 0.5) is 4.39 Å². The molecule has 1 aliphatic rings. The topological polar surface area (TPSA) is 88.3 Å². The highest BCUT2D eigenvalue weighted by atomic mass is 35.5. The van der Waals surface area contributed by atoms with Gasteiger partial charge in [0.25, 0.3) is 5.91 Å². The standard InChI is InChI=1S/C15H15FN4O3.ClH/c1-9-13(14(21)19-7-6-10(8-19)15(22)23)17-18-20(9)12-4-2-11(16)3-5-12;/h2-5,10H,6-8H2,1H3,(H,22,23);1H. The maximum Gasteiger partial charge on any atom is 0.308 e. The Balaban J connectivity index is 0.00000208. The Morgan fingerprint density at radius 1 is 1.29 bits per heavy atom. The van der Waals surface area contributed by atoms with Crippen LogP contribution in [0.25, 0.3) is 5.69 Å². The molecule has 2 aromatic rings. The summed E-state index contributed by atoms with van der Waals surface area (Å²) < 4.78 is 14.4.